The van der Waals surface area contributed by atoms with E-state index in [1.807, 2.05) is 49.4 Å². The number of hydrogen-bond donors (Lipinski definition) is 1. The summed E-state index contributed by atoms with van der Waals surface area (Å²) >= 11 is 0. The van der Waals surface area contributed by atoms with E-state index in [0.29, 0.717) is 18.9 Å². The highest BCUT2D eigenvalue weighted by molar-refractivity contribution is 5.89. The third-order valence-electron chi connectivity index (χ3n) is 3.29. The number of nitrogens with one attached hydrogen (secondary N) is 1. The van der Waals surface area contributed by atoms with Gasteiger partial charge in [0.2, 0.25) is 5.89 Å². The number of rotatable bonds is 5. The maximum absolute atomic E-state index is 12.0. The zero-order valence-corrected chi connectivity index (χ0v) is 12.7. The van der Waals surface area contributed by atoms with E-state index < -0.39 is 5.91 Å². The van der Waals surface area contributed by atoms with Crippen molar-refractivity contribution in [3.8, 4) is 0 Å². The van der Waals surface area contributed by atoms with Crippen LogP contribution in [0.15, 0.2) is 53.1 Å². The average molecular weight is 308 g/mol. The maximum Gasteiger partial charge on any atom is 0.309 e. The molecule has 1 amide bonds. The first kappa shape index (κ1) is 14.9. The van der Waals surface area contributed by atoms with Crippen molar-refractivity contribution in [3.63, 3.8) is 0 Å². The second kappa shape index (κ2) is 6.83. The van der Waals surface area contributed by atoms with Gasteiger partial charge >= 0.3 is 11.8 Å². The van der Waals surface area contributed by atoms with Crippen LogP contribution in [0.3, 0.4) is 0 Å². The van der Waals surface area contributed by atoms with Crippen LogP contribution in [-0.4, -0.2) is 21.1 Å². The molecular formula is C17H16N4O2. The molecule has 23 heavy (non-hydrogen) atoms. The summed E-state index contributed by atoms with van der Waals surface area (Å²) in [6.07, 6.45) is 2.18. The Balaban J connectivity index is 1.59. The van der Waals surface area contributed by atoms with Crippen molar-refractivity contribution in [1.82, 2.24) is 20.5 Å². The van der Waals surface area contributed by atoms with Crippen LogP contribution in [0.1, 0.15) is 33.4 Å². The quantitative estimate of drug-likeness (QED) is 0.782. The Labute approximate surface area is 133 Å². The summed E-state index contributed by atoms with van der Waals surface area (Å²) in [6.45, 7) is 2.34. The van der Waals surface area contributed by atoms with E-state index in [1.54, 1.807) is 6.20 Å². The number of benzene rings is 1. The Morgan fingerprint density at radius 2 is 1.96 bits per heavy atom. The summed E-state index contributed by atoms with van der Waals surface area (Å²) in [7, 11) is 0. The Hall–Kier alpha value is -3.02. The molecule has 6 heteroatoms. The van der Waals surface area contributed by atoms with Crippen LogP contribution in [-0.2, 0) is 13.0 Å². The normalized spacial score (nSPS) is 10.5. The van der Waals surface area contributed by atoms with Crippen molar-refractivity contribution in [3.05, 3.63) is 77.3 Å². The van der Waals surface area contributed by atoms with Crippen LogP contribution in [0, 0.1) is 6.92 Å². The number of amides is 1. The highest BCUT2D eigenvalue weighted by Crippen LogP contribution is 2.10. The smallest absolute Gasteiger partial charge is 0.309 e. The van der Waals surface area contributed by atoms with E-state index in [4.69, 9.17) is 4.42 Å². The molecule has 0 fully saturated rings. The van der Waals surface area contributed by atoms with E-state index in [0.717, 1.165) is 11.3 Å². The fourth-order valence-corrected chi connectivity index (χ4v) is 2.05. The molecule has 1 N–H and O–H groups in total. The standard InChI is InChI=1S/C17H16N4O2/c1-12-5-7-13(8-6-12)10-15-20-21-17(23-15)16(22)19-11-14-4-2-3-9-18-14/h2-9H,10-11H2,1H3,(H,19,22). The van der Waals surface area contributed by atoms with Gasteiger partial charge in [-0.05, 0) is 24.6 Å². The molecule has 3 rings (SSSR count). The summed E-state index contributed by atoms with van der Waals surface area (Å²) in [4.78, 5) is 16.1. The summed E-state index contributed by atoms with van der Waals surface area (Å²) in [6, 6.07) is 13.6. The molecule has 116 valence electrons. The monoisotopic (exact) mass is 308 g/mol. The van der Waals surface area contributed by atoms with Gasteiger partial charge in [0.05, 0.1) is 18.7 Å². The molecule has 0 aliphatic rings. The van der Waals surface area contributed by atoms with E-state index in [9.17, 15) is 4.79 Å². The lowest BCUT2D eigenvalue weighted by Gasteiger charge is -2.01. The minimum Gasteiger partial charge on any atom is -0.417 e. The molecule has 2 aromatic heterocycles. The van der Waals surface area contributed by atoms with Crippen LogP contribution in [0.4, 0.5) is 0 Å². The zero-order valence-electron chi connectivity index (χ0n) is 12.7. The van der Waals surface area contributed by atoms with Gasteiger partial charge in [-0.25, -0.2) is 0 Å². The van der Waals surface area contributed by atoms with Crippen molar-refractivity contribution in [2.45, 2.75) is 19.9 Å². The number of carbonyl (C=O) groups excluding carboxylic acids is 1. The van der Waals surface area contributed by atoms with Crippen molar-refractivity contribution in [1.29, 1.82) is 0 Å². The first-order valence-electron chi connectivity index (χ1n) is 7.27. The molecule has 0 aliphatic heterocycles. The highest BCUT2D eigenvalue weighted by atomic mass is 16.4. The van der Waals surface area contributed by atoms with Gasteiger partial charge in [-0.15, -0.1) is 10.2 Å². The van der Waals surface area contributed by atoms with Gasteiger partial charge in [-0.2, -0.15) is 0 Å². The third kappa shape index (κ3) is 4.00. The highest BCUT2D eigenvalue weighted by Gasteiger charge is 2.14. The molecule has 0 aliphatic carbocycles. The summed E-state index contributed by atoms with van der Waals surface area (Å²) in [5.41, 5.74) is 3.01. The molecule has 0 bridgehead atoms. The Morgan fingerprint density at radius 1 is 1.13 bits per heavy atom. The van der Waals surface area contributed by atoms with Gasteiger partial charge in [0.15, 0.2) is 0 Å². The topological polar surface area (TPSA) is 80.9 Å². The van der Waals surface area contributed by atoms with Crippen molar-refractivity contribution in [2.24, 2.45) is 0 Å². The summed E-state index contributed by atoms with van der Waals surface area (Å²) < 4.78 is 5.41. The minimum atomic E-state index is -0.404. The molecule has 3 aromatic rings. The number of pyridine rings is 1. The van der Waals surface area contributed by atoms with Gasteiger partial charge in [-0.1, -0.05) is 35.9 Å². The fourth-order valence-electron chi connectivity index (χ4n) is 2.05. The van der Waals surface area contributed by atoms with Gasteiger partial charge in [0.1, 0.15) is 0 Å². The number of hydrogen-bond acceptors (Lipinski definition) is 5. The Morgan fingerprint density at radius 3 is 2.70 bits per heavy atom. The average Bonchev–Trinajstić information content (AvgIpc) is 3.04. The number of aryl methyl sites for hydroxylation is 1. The predicted octanol–water partition coefficient (Wildman–Crippen LogP) is 2.29. The molecule has 0 spiro atoms. The zero-order chi connectivity index (χ0) is 16.1. The van der Waals surface area contributed by atoms with Crippen molar-refractivity contribution in [2.75, 3.05) is 0 Å². The largest absolute Gasteiger partial charge is 0.417 e. The lowest BCUT2D eigenvalue weighted by molar-refractivity contribution is 0.0914. The third-order valence-corrected chi connectivity index (χ3v) is 3.29. The molecule has 1 aromatic carbocycles. The minimum absolute atomic E-state index is 0.0388. The maximum atomic E-state index is 12.0. The fraction of sp³-hybridized carbons (Fsp3) is 0.176. The lowest BCUT2D eigenvalue weighted by Crippen LogP contribution is -2.23. The second-order valence-corrected chi connectivity index (χ2v) is 5.17. The van der Waals surface area contributed by atoms with Gasteiger partial charge in [0.25, 0.3) is 0 Å². The number of carbonyl (C=O) groups is 1. The van der Waals surface area contributed by atoms with E-state index in [2.05, 4.69) is 20.5 Å². The first-order chi connectivity index (χ1) is 11.2. The van der Waals surface area contributed by atoms with Crippen LogP contribution in [0.5, 0.6) is 0 Å². The van der Waals surface area contributed by atoms with Gasteiger partial charge in [0, 0.05) is 6.20 Å². The van der Waals surface area contributed by atoms with Crippen LogP contribution in [0.25, 0.3) is 0 Å². The molecular weight excluding hydrogens is 292 g/mol. The van der Waals surface area contributed by atoms with Gasteiger partial charge in [-0.3, -0.25) is 9.78 Å². The SMILES string of the molecule is Cc1ccc(Cc2nnc(C(=O)NCc3ccccn3)o2)cc1. The second-order valence-electron chi connectivity index (χ2n) is 5.17. The van der Waals surface area contributed by atoms with Crippen LogP contribution >= 0.6 is 0 Å². The molecule has 0 atom stereocenters. The number of aromatic nitrogens is 3. The van der Waals surface area contributed by atoms with Crippen molar-refractivity contribution >= 4 is 5.91 Å². The molecule has 2 heterocycles. The van der Waals surface area contributed by atoms with Crippen molar-refractivity contribution < 1.29 is 9.21 Å². The van der Waals surface area contributed by atoms with Gasteiger partial charge < -0.3 is 9.73 Å². The molecule has 0 radical (unpaired) electrons. The summed E-state index contributed by atoms with van der Waals surface area (Å²) in [5.74, 6) is -0.0295. The molecule has 6 nitrogen and oxygen atoms in total. The van der Waals surface area contributed by atoms with Crippen LogP contribution < -0.4 is 5.32 Å². The molecule has 0 unspecified atom stereocenters. The first-order valence-corrected chi connectivity index (χ1v) is 7.27. The molecule has 0 saturated carbocycles. The van der Waals surface area contributed by atoms with E-state index in [-0.39, 0.29) is 5.89 Å². The Kier molecular flexibility index (Phi) is 4.42. The molecule has 0 saturated heterocycles. The Bertz CT molecular complexity index is 782. The predicted molar refractivity (Wildman–Crippen MR) is 83.7 cm³/mol. The summed E-state index contributed by atoms with van der Waals surface area (Å²) in [5, 5.41) is 10.4. The van der Waals surface area contributed by atoms with E-state index >= 15 is 0 Å². The van der Waals surface area contributed by atoms with Crippen LogP contribution in [0.2, 0.25) is 0 Å². The number of nitrogens with zero attached hydrogens (tertiary/aromatic N) is 3. The lowest BCUT2D eigenvalue weighted by atomic mass is 10.1. The van der Waals surface area contributed by atoms with E-state index in [1.165, 1.54) is 5.56 Å².